The highest BCUT2D eigenvalue weighted by Crippen LogP contribution is 2.44. The van der Waals surface area contributed by atoms with Crippen molar-refractivity contribution < 1.29 is 0 Å². The molecule has 0 amide bonds. The Morgan fingerprint density at radius 3 is 2.40 bits per heavy atom. The predicted octanol–water partition coefficient (Wildman–Crippen LogP) is 3.90. The van der Waals surface area contributed by atoms with Crippen molar-refractivity contribution in [2.45, 2.75) is 38.5 Å². The number of halogens is 1. The number of rotatable bonds is 1. The fourth-order valence-electron chi connectivity index (χ4n) is 2.09. The molecule has 0 unspecified atom stereocenters. The first-order chi connectivity index (χ1) is 7.09. The Kier molecular flexibility index (Phi) is 2.48. The number of hydrogen-bond acceptors (Lipinski definition) is 1. The minimum absolute atomic E-state index is 0.248. The van der Waals surface area contributed by atoms with Crippen LogP contribution < -0.4 is 0 Å². The lowest BCUT2D eigenvalue weighted by Crippen LogP contribution is -2.32. The second-order valence-corrected chi connectivity index (χ2v) is 4.85. The molecule has 0 aliphatic heterocycles. The van der Waals surface area contributed by atoms with Crippen LogP contribution in [0.25, 0.3) is 0 Å². The van der Waals surface area contributed by atoms with Gasteiger partial charge < -0.3 is 0 Å². The van der Waals surface area contributed by atoms with Gasteiger partial charge in [0.1, 0.15) is 0 Å². The van der Waals surface area contributed by atoms with E-state index in [4.69, 9.17) is 11.6 Å². The first-order valence-electron chi connectivity index (χ1n) is 5.27. The third kappa shape index (κ3) is 1.54. The van der Waals surface area contributed by atoms with Gasteiger partial charge in [-0.2, -0.15) is 5.26 Å². The zero-order valence-electron chi connectivity index (χ0n) is 9.10. The molecular weight excluding hydrogens is 206 g/mol. The van der Waals surface area contributed by atoms with Crippen LogP contribution in [0.15, 0.2) is 12.1 Å². The predicted molar refractivity (Wildman–Crippen MR) is 62.1 cm³/mol. The van der Waals surface area contributed by atoms with E-state index in [0.717, 1.165) is 35.4 Å². The van der Waals surface area contributed by atoms with E-state index in [2.05, 4.69) is 19.1 Å². The summed E-state index contributed by atoms with van der Waals surface area (Å²) in [4.78, 5) is 0. The van der Waals surface area contributed by atoms with Crippen molar-refractivity contribution in [3.63, 3.8) is 0 Å². The zero-order valence-corrected chi connectivity index (χ0v) is 9.86. The minimum Gasteiger partial charge on any atom is -0.197 e. The van der Waals surface area contributed by atoms with E-state index in [9.17, 15) is 5.26 Å². The Bertz CT molecular complexity index is 415. The Balaban J connectivity index is 2.51. The van der Waals surface area contributed by atoms with Crippen LogP contribution in [-0.4, -0.2) is 0 Å². The van der Waals surface area contributed by atoms with E-state index in [1.54, 1.807) is 0 Å². The summed E-state index contributed by atoms with van der Waals surface area (Å²) in [6, 6.07) is 6.53. The molecule has 1 nitrogen and oxygen atoms in total. The maximum atomic E-state index is 9.25. The van der Waals surface area contributed by atoms with Crippen LogP contribution in [0, 0.1) is 25.2 Å². The molecule has 1 aromatic rings. The van der Waals surface area contributed by atoms with E-state index >= 15 is 0 Å². The first kappa shape index (κ1) is 10.5. The van der Waals surface area contributed by atoms with E-state index in [-0.39, 0.29) is 5.41 Å². The van der Waals surface area contributed by atoms with Crippen LogP contribution in [0.4, 0.5) is 0 Å². The van der Waals surface area contributed by atoms with Gasteiger partial charge in [-0.25, -0.2) is 0 Å². The molecule has 1 saturated carbocycles. The summed E-state index contributed by atoms with van der Waals surface area (Å²) in [5.74, 6) is 0. The standard InChI is InChI=1S/C13H14ClN/c1-9-6-11(7-12(14)10(9)2)13(8-15)4-3-5-13/h6-7H,3-5H2,1-2H3. The molecular formula is C13H14ClN. The molecule has 2 rings (SSSR count). The molecule has 1 aliphatic carbocycles. The molecule has 0 bridgehead atoms. The van der Waals surface area contributed by atoms with Gasteiger partial charge in [-0.05, 0) is 55.9 Å². The van der Waals surface area contributed by atoms with Gasteiger partial charge >= 0.3 is 0 Å². The normalized spacial score (nSPS) is 18.0. The van der Waals surface area contributed by atoms with Gasteiger partial charge in [-0.15, -0.1) is 0 Å². The monoisotopic (exact) mass is 219 g/mol. The molecule has 1 aromatic carbocycles. The van der Waals surface area contributed by atoms with E-state index in [1.165, 1.54) is 5.56 Å². The third-order valence-electron chi connectivity index (χ3n) is 3.58. The Hall–Kier alpha value is -1.000. The smallest absolute Gasteiger partial charge is 0.0823 e. The molecule has 1 fully saturated rings. The Morgan fingerprint density at radius 2 is 2.00 bits per heavy atom. The van der Waals surface area contributed by atoms with Crippen LogP contribution >= 0.6 is 11.6 Å². The van der Waals surface area contributed by atoms with Crippen molar-refractivity contribution in [1.29, 1.82) is 5.26 Å². The Morgan fingerprint density at radius 1 is 1.33 bits per heavy atom. The minimum atomic E-state index is -0.248. The molecule has 15 heavy (non-hydrogen) atoms. The average molecular weight is 220 g/mol. The third-order valence-corrected chi connectivity index (χ3v) is 3.97. The molecule has 1 aliphatic rings. The number of aryl methyl sites for hydroxylation is 1. The number of benzene rings is 1. The van der Waals surface area contributed by atoms with E-state index in [1.807, 2.05) is 13.0 Å². The summed E-state index contributed by atoms with van der Waals surface area (Å²) in [5, 5.41) is 10.0. The summed E-state index contributed by atoms with van der Waals surface area (Å²) < 4.78 is 0. The zero-order chi connectivity index (χ0) is 11.1. The molecule has 0 N–H and O–H groups in total. The van der Waals surface area contributed by atoms with Crippen molar-refractivity contribution >= 4 is 11.6 Å². The molecule has 2 heteroatoms. The lowest BCUT2D eigenvalue weighted by molar-refractivity contribution is 0.324. The van der Waals surface area contributed by atoms with E-state index in [0.29, 0.717) is 0 Å². The highest BCUT2D eigenvalue weighted by atomic mass is 35.5. The average Bonchev–Trinajstić information content (AvgIpc) is 2.13. The van der Waals surface area contributed by atoms with Crippen molar-refractivity contribution in [3.05, 3.63) is 33.8 Å². The SMILES string of the molecule is Cc1cc(C2(C#N)CCC2)cc(Cl)c1C. The van der Waals surface area contributed by atoms with Crippen LogP contribution in [0.1, 0.15) is 36.0 Å². The van der Waals surface area contributed by atoms with Gasteiger partial charge in [0.15, 0.2) is 0 Å². The molecule has 0 radical (unpaired) electrons. The highest BCUT2D eigenvalue weighted by molar-refractivity contribution is 6.31. The van der Waals surface area contributed by atoms with Crippen LogP contribution in [-0.2, 0) is 5.41 Å². The molecule has 78 valence electrons. The maximum absolute atomic E-state index is 9.25. The molecule has 0 spiro atoms. The lowest BCUT2D eigenvalue weighted by atomic mass is 9.65. The summed E-state index contributed by atoms with van der Waals surface area (Å²) in [5.41, 5.74) is 3.15. The van der Waals surface area contributed by atoms with Gasteiger partial charge in [-0.1, -0.05) is 17.7 Å². The quantitative estimate of drug-likeness (QED) is 0.703. The largest absolute Gasteiger partial charge is 0.197 e. The molecule has 0 aromatic heterocycles. The lowest BCUT2D eigenvalue weighted by Gasteiger charge is -2.36. The summed E-state index contributed by atoms with van der Waals surface area (Å²) in [7, 11) is 0. The number of nitrogens with zero attached hydrogens (tertiary/aromatic N) is 1. The van der Waals surface area contributed by atoms with Gasteiger partial charge in [0.05, 0.1) is 11.5 Å². The molecule has 0 heterocycles. The van der Waals surface area contributed by atoms with Gasteiger partial charge in [0.25, 0.3) is 0 Å². The molecule has 0 atom stereocenters. The summed E-state index contributed by atoms with van der Waals surface area (Å²) in [6.07, 6.45) is 3.10. The van der Waals surface area contributed by atoms with E-state index < -0.39 is 0 Å². The van der Waals surface area contributed by atoms with Crippen molar-refractivity contribution in [1.82, 2.24) is 0 Å². The van der Waals surface area contributed by atoms with Crippen LogP contribution in [0.2, 0.25) is 5.02 Å². The van der Waals surface area contributed by atoms with Crippen LogP contribution in [0.3, 0.4) is 0 Å². The second-order valence-electron chi connectivity index (χ2n) is 4.45. The fourth-order valence-corrected chi connectivity index (χ4v) is 2.35. The highest BCUT2D eigenvalue weighted by Gasteiger charge is 2.39. The first-order valence-corrected chi connectivity index (χ1v) is 5.65. The van der Waals surface area contributed by atoms with Crippen molar-refractivity contribution in [2.75, 3.05) is 0 Å². The van der Waals surface area contributed by atoms with Gasteiger partial charge in [0, 0.05) is 5.02 Å². The van der Waals surface area contributed by atoms with Crippen LogP contribution in [0.5, 0.6) is 0 Å². The maximum Gasteiger partial charge on any atom is 0.0823 e. The summed E-state index contributed by atoms with van der Waals surface area (Å²) in [6.45, 7) is 4.07. The Labute approximate surface area is 95.7 Å². The van der Waals surface area contributed by atoms with Crippen molar-refractivity contribution in [3.8, 4) is 6.07 Å². The second kappa shape index (κ2) is 3.54. The fraction of sp³-hybridized carbons (Fsp3) is 0.462. The van der Waals surface area contributed by atoms with Gasteiger partial charge in [-0.3, -0.25) is 0 Å². The topological polar surface area (TPSA) is 23.8 Å². The summed E-state index contributed by atoms with van der Waals surface area (Å²) >= 11 is 6.15. The number of hydrogen-bond donors (Lipinski definition) is 0. The van der Waals surface area contributed by atoms with Gasteiger partial charge in [0.2, 0.25) is 0 Å². The number of nitriles is 1. The molecule has 0 saturated heterocycles. The van der Waals surface area contributed by atoms with Crippen molar-refractivity contribution in [2.24, 2.45) is 0 Å².